The molecule has 1 aromatic rings. The Balaban J connectivity index is 3.01. The Hall–Kier alpha value is -1.20. The summed E-state index contributed by atoms with van der Waals surface area (Å²) in [6.45, 7) is 6.20. The zero-order chi connectivity index (χ0) is 13.8. The van der Waals surface area contributed by atoms with Crippen LogP contribution < -0.4 is 5.32 Å². The van der Waals surface area contributed by atoms with Gasteiger partial charge in [-0.2, -0.15) is 0 Å². The van der Waals surface area contributed by atoms with E-state index >= 15 is 0 Å². The Morgan fingerprint density at radius 2 is 2.17 bits per heavy atom. The van der Waals surface area contributed by atoms with Crippen LogP contribution in [0.15, 0.2) is 6.33 Å². The number of hydrogen-bond acceptors (Lipinski definition) is 5. The van der Waals surface area contributed by atoms with Crippen molar-refractivity contribution in [1.29, 1.82) is 0 Å². The summed E-state index contributed by atoms with van der Waals surface area (Å²) in [4.78, 5) is 18.8. The summed E-state index contributed by atoms with van der Waals surface area (Å²) in [5.74, 6) is 0.401. The van der Waals surface area contributed by atoms with Gasteiger partial charge in [0.1, 0.15) is 17.3 Å². The molecule has 0 bridgehead atoms. The van der Waals surface area contributed by atoms with Crippen molar-refractivity contribution >= 4 is 23.7 Å². The van der Waals surface area contributed by atoms with Crippen LogP contribution in [-0.4, -0.2) is 34.0 Å². The lowest BCUT2D eigenvalue weighted by Gasteiger charge is -2.31. The molecule has 0 radical (unpaired) electrons. The second-order valence-corrected chi connectivity index (χ2v) is 5.48. The van der Waals surface area contributed by atoms with E-state index in [1.54, 1.807) is 0 Å². The highest BCUT2D eigenvalue weighted by atomic mass is 35.5. The number of aldehydes is 1. The van der Waals surface area contributed by atoms with Crippen LogP contribution in [0.25, 0.3) is 0 Å². The minimum absolute atomic E-state index is 0.0211. The molecule has 1 heterocycles. The topological polar surface area (TPSA) is 75.1 Å². The number of halogens is 1. The lowest BCUT2D eigenvalue weighted by atomic mass is 9.85. The van der Waals surface area contributed by atoms with E-state index in [4.69, 9.17) is 16.7 Å². The molecule has 100 valence electrons. The number of anilines is 1. The molecule has 0 aromatic carbocycles. The van der Waals surface area contributed by atoms with Crippen LogP contribution in [0.4, 0.5) is 5.82 Å². The highest BCUT2D eigenvalue weighted by Gasteiger charge is 2.25. The molecule has 1 unspecified atom stereocenters. The zero-order valence-corrected chi connectivity index (χ0v) is 11.5. The van der Waals surface area contributed by atoms with E-state index in [2.05, 4.69) is 15.3 Å². The quantitative estimate of drug-likeness (QED) is 0.634. The smallest absolute Gasteiger partial charge is 0.156 e. The van der Waals surface area contributed by atoms with Crippen molar-refractivity contribution in [1.82, 2.24) is 9.97 Å². The van der Waals surface area contributed by atoms with Crippen molar-refractivity contribution < 1.29 is 9.90 Å². The SMILES string of the molecule is CC(C)(C)C(CCO)Nc1ncnc(Cl)c1C=O. The Morgan fingerprint density at radius 1 is 1.50 bits per heavy atom. The molecule has 18 heavy (non-hydrogen) atoms. The Labute approximate surface area is 112 Å². The minimum atomic E-state index is -0.0830. The average molecular weight is 272 g/mol. The van der Waals surface area contributed by atoms with Gasteiger partial charge in [-0.15, -0.1) is 0 Å². The monoisotopic (exact) mass is 271 g/mol. The fourth-order valence-electron chi connectivity index (χ4n) is 1.61. The van der Waals surface area contributed by atoms with E-state index < -0.39 is 0 Å². The average Bonchev–Trinajstić information content (AvgIpc) is 2.27. The molecule has 0 amide bonds. The van der Waals surface area contributed by atoms with Gasteiger partial charge < -0.3 is 10.4 Å². The molecule has 1 atom stereocenters. The van der Waals surface area contributed by atoms with Crippen molar-refractivity contribution in [2.75, 3.05) is 11.9 Å². The number of aliphatic hydroxyl groups excluding tert-OH is 1. The molecule has 0 aliphatic carbocycles. The number of nitrogens with zero attached hydrogens (tertiary/aromatic N) is 2. The molecule has 1 aromatic heterocycles. The summed E-state index contributed by atoms with van der Waals surface area (Å²) in [7, 11) is 0. The number of carbonyl (C=O) groups excluding carboxylic acids is 1. The molecule has 0 aliphatic rings. The molecule has 0 spiro atoms. The fourth-order valence-corrected chi connectivity index (χ4v) is 1.79. The van der Waals surface area contributed by atoms with E-state index in [1.165, 1.54) is 6.33 Å². The van der Waals surface area contributed by atoms with Gasteiger partial charge in [0.25, 0.3) is 0 Å². The predicted molar refractivity (Wildman–Crippen MR) is 71.0 cm³/mol. The van der Waals surface area contributed by atoms with Crippen LogP contribution in [0.3, 0.4) is 0 Å². The van der Waals surface area contributed by atoms with Crippen molar-refractivity contribution in [2.45, 2.75) is 33.2 Å². The van der Waals surface area contributed by atoms with Crippen LogP contribution in [0, 0.1) is 5.41 Å². The standard InChI is InChI=1S/C12H18ClN3O2/c1-12(2,3)9(4-5-17)16-11-8(6-18)10(13)14-7-15-11/h6-7,9,17H,4-5H2,1-3H3,(H,14,15,16). The van der Waals surface area contributed by atoms with E-state index in [1.807, 2.05) is 20.8 Å². The van der Waals surface area contributed by atoms with Gasteiger partial charge in [0.05, 0.1) is 5.56 Å². The van der Waals surface area contributed by atoms with Crippen molar-refractivity contribution in [2.24, 2.45) is 5.41 Å². The number of aromatic nitrogens is 2. The Bertz CT molecular complexity index is 418. The first-order valence-electron chi connectivity index (χ1n) is 5.73. The molecular weight excluding hydrogens is 254 g/mol. The predicted octanol–water partition coefficient (Wildman–Crippen LogP) is 2.15. The van der Waals surface area contributed by atoms with Gasteiger partial charge in [-0.1, -0.05) is 32.4 Å². The Kier molecular flexibility index (Phi) is 5.04. The summed E-state index contributed by atoms with van der Waals surface area (Å²) in [6.07, 6.45) is 2.49. The zero-order valence-electron chi connectivity index (χ0n) is 10.8. The second kappa shape index (κ2) is 6.11. The summed E-state index contributed by atoms with van der Waals surface area (Å²) in [5.41, 5.74) is 0.159. The molecular formula is C12H18ClN3O2. The maximum absolute atomic E-state index is 11.0. The third kappa shape index (κ3) is 3.65. The van der Waals surface area contributed by atoms with Crippen LogP contribution >= 0.6 is 11.6 Å². The van der Waals surface area contributed by atoms with Crippen LogP contribution in [0.1, 0.15) is 37.6 Å². The first-order chi connectivity index (χ1) is 8.40. The first-order valence-corrected chi connectivity index (χ1v) is 6.11. The fraction of sp³-hybridized carbons (Fsp3) is 0.583. The van der Waals surface area contributed by atoms with E-state index in [0.29, 0.717) is 18.5 Å². The minimum Gasteiger partial charge on any atom is -0.396 e. The first kappa shape index (κ1) is 14.9. The third-order valence-electron chi connectivity index (χ3n) is 2.73. The third-order valence-corrected chi connectivity index (χ3v) is 3.03. The molecule has 5 nitrogen and oxygen atoms in total. The molecule has 0 saturated carbocycles. The van der Waals surface area contributed by atoms with Gasteiger partial charge in [0, 0.05) is 12.6 Å². The normalized spacial score (nSPS) is 13.2. The van der Waals surface area contributed by atoms with Gasteiger partial charge >= 0.3 is 0 Å². The van der Waals surface area contributed by atoms with Gasteiger partial charge in [-0.3, -0.25) is 4.79 Å². The highest BCUT2D eigenvalue weighted by molar-refractivity contribution is 6.32. The summed E-state index contributed by atoms with van der Waals surface area (Å²) in [6, 6.07) is -0.0211. The molecule has 1 rings (SSSR count). The summed E-state index contributed by atoms with van der Waals surface area (Å²) >= 11 is 5.83. The van der Waals surface area contributed by atoms with E-state index in [9.17, 15) is 4.79 Å². The van der Waals surface area contributed by atoms with Gasteiger partial charge in [0.15, 0.2) is 6.29 Å². The van der Waals surface area contributed by atoms with Crippen molar-refractivity contribution in [3.05, 3.63) is 17.0 Å². The van der Waals surface area contributed by atoms with Crippen molar-refractivity contribution in [3.8, 4) is 0 Å². The summed E-state index contributed by atoms with van der Waals surface area (Å²) < 4.78 is 0. The maximum atomic E-state index is 11.0. The number of aliphatic hydroxyl groups is 1. The molecule has 6 heteroatoms. The lowest BCUT2D eigenvalue weighted by molar-refractivity contribution is 0.112. The maximum Gasteiger partial charge on any atom is 0.156 e. The largest absolute Gasteiger partial charge is 0.396 e. The van der Waals surface area contributed by atoms with Gasteiger partial charge in [-0.25, -0.2) is 9.97 Å². The highest BCUT2D eigenvalue weighted by Crippen LogP contribution is 2.27. The van der Waals surface area contributed by atoms with Gasteiger partial charge in [0.2, 0.25) is 0 Å². The molecule has 0 fully saturated rings. The van der Waals surface area contributed by atoms with Crippen molar-refractivity contribution in [3.63, 3.8) is 0 Å². The van der Waals surface area contributed by atoms with Gasteiger partial charge in [-0.05, 0) is 11.8 Å². The number of nitrogens with one attached hydrogen (secondary N) is 1. The van der Waals surface area contributed by atoms with Crippen LogP contribution in [0.5, 0.6) is 0 Å². The summed E-state index contributed by atoms with van der Waals surface area (Å²) in [5, 5.41) is 12.4. The second-order valence-electron chi connectivity index (χ2n) is 5.12. The lowest BCUT2D eigenvalue weighted by Crippen LogP contribution is -2.35. The van der Waals surface area contributed by atoms with E-state index in [0.717, 1.165) is 0 Å². The van der Waals surface area contributed by atoms with Crippen LogP contribution in [-0.2, 0) is 0 Å². The van der Waals surface area contributed by atoms with Crippen LogP contribution in [0.2, 0.25) is 5.15 Å². The molecule has 0 saturated heterocycles. The molecule has 2 N–H and O–H groups in total. The van der Waals surface area contributed by atoms with E-state index in [-0.39, 0.29) is 28.8 Å². The number of hydrogen-bond donors (Lipinski definition) is 2. The number of carbonyl (C=O) groups is 1. The molecule has 0 aliphatic heterocycles. The Morgan fingerprint density at radius 3 is 2.67 bits per heavy atom. The number of rotatable bonds is 5.